The van der Waals surface area contributed by atoms with Crippen molar-refractivity contribution < 1.29 is 4.79 Å². The van der Waals surface area contributed by atoms with Gasteiger partial charge in [-0.3, -0.25) is 9.69 Å². The Morgan fingerprint density at radius 2 is 1.81 bits per heavy atom. The summed E-state index contributed by atoms with van der Waals surface area (Å²) in [5, 5.41) is 12.0. The summed E-state index contributed by atoms with van der Waals surface area (Å²) in [7, 11) is 0. The predicted octanol–water partition coefficient (Wildman–Crippen LogP) is 2.94. The lowest BCUT2D eigenvalue weighted by molar-refractivity contribution is -0.117. The summed E-state index contributed by atoms with van der Waals surface area (Å²) in [6.45, 7) is 8.16. The molecule has 134 valence electrons. The molecular formula is C21H24N4O. The minimum atomic E-state index is -0.0760. The van der Waals surface area contributed by atoms with E-state index in [-0.39, 0.29) is 5.91 Å². The molecule has 0 aromatic heterocycles. The Morgan fingerprint density at radius 3 is 2.54 bits per heavy atom. The van der Waals surface area contributed by atoms with Gasteiger partial charge in [-0.2, -0.15) is 5.26 Å². The standard InChI is InChI=1S/C21H24N4O/c1-16-6-5-9-20(17(16)2)25-12-10-24(11-13-25)15-21(26)23-19-8-4-3-7-18(19)14-22/h3-9H,10-13,15H2,1-2H3,(H,23,26). The van der Waals surface area contributed by atoms with E-state index in [9.17, 15) is 4.79 Å². The van der Waals surface area contributed by atoms with Crippen molar-refractivity contribution in [3.05, 3.63) is 59.2 Å². The molecule has 5 heteroatoms. The summed E-state index contributed by atoms with van der Waals surface area (Å²) in [4.78, 5) is 16.9. The molecule has 0 unspecified atom stereocenters. The zero-order chi connectivity index (χ0) is 18.5. The molecule has 1 fully saturated rings. The first kappa shape index (κ1) is 18.0. The maximum atomic E-state index is 12.3. The van der Waals surface area contributed by atoms with Crippen molar-refractivity contribution in [2.24, 2.45) is 0 Å². The molecule has 1 heterocycles. The summed E-state index contributed by atoms with van der Waals surface area (Å²) in [6.07, 6.45) is 0. The molecule has 1 saturated heterocycles. The average Bonchev–Trinajstić information content (AvgIpc) is 2.65. The molecule has 2 aromatic carbocycles. The van der Waals surface area contributed by atoms with E-state index < -0.39 is 0 Å². The molecule has 0 atom stereocenters. The summed E-state index contributed by atoms with van der Waals surface area (Å²) >= 11 is 0. The van der Waals surface area contributed by atoms with E-state index in [4.69, 9.17) is 5.26 Å². The van der Waals surface area contributed by atoms with Gasteiger partial charge in [-0.05, 0) is 43.2 Å². The molecule has 3 rings (SSSR count). The van der Waals surface area contributed by atoms with Crippen LogP contribution in [0.1, 0.15) is 16.7 Å². The van der Waals surface area contributed by atoms with Crippen molar-refractivity contribution in [3.8, 4) is 6.07 Å². The number of anilines is 2. The lowest BCUT2D eigenvalue weighted by Crippen LogP contribution is -2.48. The Morgan fingerprint density at radius 1 is 1.08 bits per heavy atom. The summed E-state index contributed by atoms with van der Waals surface area (Å²) < 4.78 is 0. The molecule has 1 N–H and O–H groups in total. The highest BCUT2D eigenvalue weighted by Crippen LogP contribution is 2.23. The van der Waals surface area contributed by atoms with Crippen LogP contribution in [0.4, 0.5) is 11.4 Å². The number of para-hydroxylation sites is 1. The van der Waals surface area contributed by atoms with Crippen LogP contribution >= 0.6 is 0 Å². The number of rotatable bonds is 4. The van der Waals surface area contributed by atoms with E-state index in [2.05, 4.69) is 53.2 Å². The fraction of sp³-hybridized carbons (Fsp3) is 0.333. The Labute approximate surface area is 154 Å². The number of piperazine rings is 1. The summed E-state index contributed by atoms with van der Waals surface area (Å²) in [5.74, 6) is -0.0760. The normalized spacial score (nSPS) is 14.7. The average molecular weight is 348 g/mol. The van der Waals surface area contributed by atoms with Gasteiger partial charge in [0.15, 0.2) is 0 Å². The highest BCUT2D eigenvalue weighted by Gasteiger charge is 2.20. The molecule has 1 amide bonds. The van der Waals surface area contributed by atoms with E-state index in [0.29, 0.717) is 17.8 Å². The first-order valence-electron chi connectivity index (χ1n) is 8.91. The number of nitrogens with one attached hydrogen (secondary N) is 1. The Bertz CT molecular complexity index is 832. The van der Waals surface area contributed by atoms with Crippen molar-refractivity contribution in [2.45, 2.75) is 13.8 Å². The van der Waals surface area contributed by atoms with Crippen molar-refractivity contribution in [1.29, 1.82) is 5.26 Å². The van der Waals surface area contributed by atoms with E-state index >= 15 is 0 Å². The number of amides is 1. The molecule has 5 nitrogen and oxygen atoms in total. The lowest BCUT2D eigenvalue weighted by Gasteiger charge is -2.36. The summed E-state index contributed by atoms with van der Waals surface area (Å²) in [5.41, 5.74) is 4.99. The van der Waals surface area contributed by atoms with Crippen molar-refractivity contribution in [2.75, 3.05) is 42.9 Å². The first-order chi connectivity index (χ1) is 12.6. The van der Waals surface area contributed by atoms with Crippen LogP contribution in [0.3, 0.4) is 0 Å². The van der Waals surface area contributed by atoms with Gasteiger partial charge in [-0.25, -0.2) is 0 Å². The van der Waals surface area contributed by atoms with Crippen LogP contribution < -0.4 is 10.2 Å². The molecule has 2 aromatic rings. The van der Waals surface area contributed by atoms with Gasteiger partial charge in [-0.1, -0.05) is 24.3 Å². The molecule has 1 aliphatic heterocycles. The van der Waals surface area contributed by atoms with Crippen LogP contribution in [0.25, 0.3) is 0 Å². The zero-order valence-electron chi connectivity index (χ0n) is 15.3. The van der Waals surface area contributed by atoms with Crippen molar-refractivity contribution >= 4 is 17.3 Å². The quantitative estimate of drug-likeness (QED) is 0.923. The highest BCUT2D eigenvalue weighted by atomic mass is 16.2. The second kappa shape index (κ2) is 8.03. The van der Waals surface area contributed by atoms with Crippen LogP contribution in [0.15, 0.2) is 42.5 Å². The number of benzene rings is 2. The maximum absolute atomic E-state index is 12.3. The van der Waals surface area contributed by atoms with Crippen LogP contribution in [0.5, 0.6) is 0 Å². The SMILES string of the molecule is Cc1cccc(N2CCN(CC(=O)Nc3ccccc3C#N)CC2)c1C. The summed E-state index contributed by atoms with van der Waals surface area (Å²) in [6, 6.07) is 15.6. The van der Waals surface area contributed by atoms with E-state index in [1.54, 1.807) is 18.2 Å². The molecule has 0 bridgehead atoms. The van der Waals surface area contributed by atoms with Gasteiger partial charge in [0.2, 0.25) is 5.91 Å². The van der Waals surface area contributed by atoms with Crippen LogP contribution in [-0.2, 0) is 4.79 Å². The maximum Gasteiger partial charge on any atom is 0.238 e. The smallest absolute Gasteiger partial charge is 0.238 e. The number of aryl methyl sites for hydroxylation is 1. The second-order valence-electron chi connectivity index (χ2n) is 6.69. The predicted molar refractivity (Wildman–Crippen MR) is 104 cm³/mol. The second-order valence-corrected chi connectivity index (χ2v) is 6.69. The van der Waals surface area contributed by atoms with Gasteiger partial charge in [0.05, 0.1) is 17.8 Å². The fourth-order valence-corrected chi connectivity index (χ4v) is 3.31. The van der Waals surface area contributed by atoms with Crippen molar-refractivity contribution in [3.63, 3.8) is 0 Å². The molecule has 26 heavy (non-hydrogen) atoms. The number of carbonyl (C=O) groups is 1. The van der Waals surface area contributed by atoms with Gasteiger partial charge in [0.25, 0.3) is 0 Å². The topological polar surface area (TPSA) is 59.4 Å². The third-order valence-electron chi connectivity index (χ3n) is 4.98. The molecule has 0 saturated carbocycles. The number of hydrogen-bond donors (Lipinski definition) is 1. The highest BCUT2D eigenvalue weighted by molar-refractivity contribution is 5.93. The van der Waals surface area contributed by atoms with Gasteiger partial charge < -0.3 is 10.2 Å². The van der Waals surface area contributed by atoms with Gasteiger partial charge >= 0.3 is 0 Å². The largest absolute Gasteiger partial charge is 0.369 e. The minimum Gasteiger partial charge on any atom is -0.369 e. The van der Waals surface area contributed by atoms with Crippen molar-refractivity contribution in [1.82, 2.24) is 4.90 Å². The zero-order valence-corrected chi connectivity index (χ0v) is 15.3. The number of hydrogen-bond acceptors (Lipinski definition) is 4. The first-order valence-corrected chi connectivity index (χ1v) is 8.91. The van der Waals surface area contributed by atoms with E-state index in [0.717, 1.165) is 26.2 Å². The minimum absolute atomic E-state index is 0.0760. The third-order valence-corrected chi connectivity index (χ3v) is 4.98. The Balaban J connectivity index is 1.55. The van der Waals surface area contributed by atoms with Crippen LogP contribution in [0, 0.1) is 25.2 Å². The van der Waals surface area contributed by atoms with Gasteiger partial charge in [0.1, 0.15) is 6.07 Å². The third kappa shape index (κ3) is 4.04. The van der Waals surface area contributed by atoms with E-state index in [1.165, 1.54) is 16.8 Å². The molecule has 0 spiro atoms. The number of nitriles is 1. The molecular weight excluding hydrogens is 324 g/mol. The lowest BCUT2D eigenvalue weighted by atomic mass is 10.1. The van der Waals surface area contributed by atoms with Crippen LogP contribution in [0.2, 0.25) is 0 Å². The van der Waals surface area contributed by atoms with Gasteiger partial charge in [-0.15, -0.1) is 0 Å². The molecule has 0 aliphatic carbocycles. The van der Waals surface area contributed by atoms with E-state index in [1.807, 2.05) is 6.07 Å². The Kier molecular flexibility index (Phi) is 5.55. The van der Waals surface area contributed by atoms with Gasteiger partial charge in [0, 0.05) is 31.9 Å². The number of carbonyl (C=O) groups excluding carboxylic acids is 1. The number of nitrogens with zero attached hydrogens (tertiary/aromatic N) is 3. The van der Waals surface area contributed by atoms with Crippen LogP contribution in [-0.4, -0.2) is 43.5 Å². The molecule has 0 radical (unpaired) electrons. The molecule has 1 aliphatic rings. The monoisotopic (exact) mass is 348 g/mol. The fourth-order valence-electron chi connectivity index (χ4n) is 3.31. The Hall–Kier alpha value is -2.84.